The van der Waals surface area contributed by atoms with Gasteiger partial charge in [-0.1, -0.05) is 6.92 Å². The molecule has 0 saturated carbocycles. The summed E-state index contributed by atoms with van der Waals surface area (Å²) in [5, 5.41) is 7.07. The maximum atomic E-state index is 10.9. The Morgan fingerprint density at radius 2 is 2.47 bits per heavy atom. The Morgan fingerprint density at radius 1 is 1.73 bits per heavy atom. The summed E-state index contributed by atoms with van der Waals surface area (Å²) in [7, 11) is 1.73. The zero-order valence-corrected chi connectivity index (χ0v) is 9.23. The van der Waals surface area contributed by atoms with Crippen molar-refractivity contribution in [1.82, 2.24) is 15.1 Å². The minimum atomic E-state index is -0.319. The molecular weight excluding hydrogens is 192 g/mol. The minimum absolute atomic E-state index is 0.278. The van der Waals surface area contributed by atoms with E-state index in [1.807, 2.05) is 17.1 Å². The predicted molar refractivity (Wildman–Crippen MR) is 58.3 cm³/mol. The molecule has 0 spiro atoms. The zero-order valence-electron chi connectivity index (χ0n) is 9.23. The lowest BCUT2D eigenvalue weighted by Crippen LogP contribution is -2.39. The summed E-state index contributed by atoms with van der Waals surface area (Å²) in [6, 6.07) is -0.278. The molecule has 84 valence electrons. The van der Waals surface area contributed by atoms with Gasteiger partial charge in [0.05, 0.1) is 12.2 Å². The second kappa shape index (κ2) is 5.50. The van der Waals surface area contributed by atoms with Gasteiger partial charge in [-0.2, -0.15) is 5.10 Å². The number of carbonyl (C=O) groups is 1. The Balaban J connectivity index is 2.45. The number of hydrogen-bond acceptors (Lipinski definition) is 3. The van der Waals surface area contributed by atoms with E-state index in [0.29, 0.717) is 13.0 Å². The zero-order chi connectivity index (χ0) is 11.3. The van der Waals surface area contributed by atoms with E-state index in [1.165, 1.54) is 5.56 Å². The van der Waals surface area contributed by atoms with E-state index in [1.54, 1.807) is 7.05 Å². The molecule has 1 unspecified atom stereocenters. The Bertz CT molecular complexity index is 321. The molecule has 1 heterocycles. The molecule has 3 N–H and O–H groups in total. The van der Waals surface area contributed by atoms with Gasteiger partial charge < -0.3 is 11.1 Å². The maximum absolute atomic E-state index is 10.9. The minimum Gasteiger partial charge on any atom is -0.368 e. The van der Waals surface area contributed by atoms with E-state index in [9.17, 15) is 4.79 Å². The molecular formula is C10H18N4O. The lowest BCUT2D eigenvalue weighted by atomic mass is 10.2. The largest absolute Gasteiger partial charge is 0.368 e. The molecule has 0 aliphatic heterocycles. The molecule has 0 aromatic carbocycles. The first-order valence-electron chi connectivity index (χ1n) is 5.15. The van der Waals surface area contributed by atoms with Crippen molar-refractivity contribution >= 4 is 5.91 Å². The number of nitrogens with two attached hydrogens (primary N) is 1. The average Bonchev–Trinajstić information content (AvgIpc) is 2.66. The van der Waals surface area contributed by atoms with E-state index >= 15 is 0 Å². The van der Waals surface area contributed by atoms with E-state index in [4.69, 9.17) is 5.73 Å². The lowest BCUT2D eigenvalue weighted by Gasteiger charge is -2.11. The van der Waals surface area contributed by atoms with Crippen LogP contribution in [-0.2, 0) is 17.8 Å². The number of nitrogens with one attached hydrogen (secondary N) is 1. The quantitative estimate of drug-likeness (QED) is 0.689. The van der Waals surface area contributed by atoms with Crippen LogP contribution in [-0.4, -0.2) is 28.8 Å². The van der Waals surface area contributed by atoms with Gasteiger partial charge in [0.2, 0.25) is 5.91 Å². The Kier molecular flexibility index (Phi) is 4.30. The number of nitrogens with zero attached hydrogens (tertiary/aromatic N) is 2. The van der Waals surface area contributed by atoms with Crippen LogP contribution in [0, 0.1) is 0 Å². The summed E-state index contributed by atoms with van der Waals surface area (Å²) in [4.78, 5) is 10.9. The van der Waals surface area contributed by atoms with E-state index in [0.717, 1.165) is 6.42 Å². The molecule has 0 bridgehead atoms. The van der Waals surface area contributed by atoms with E-state index < -0.39 is 0 Å². The molecule has 15 heavy (non-hydrogen) atoms. The van der Waals surface area contributed by atoms with Crippen molar-refractivity contribution in [2.75, 3.05) is 7.05 Å². The van der Waals surface area contributed by atoms with E-state index in [-0.39, 0.29) is 11.9 Å². The number of aryl methyl sites for hydroxylation is 2. The molecule has 0 aliphatic rings. The molecule has 1 atom stereocenters. The Labute approximate surface area is 89.6 Å². The van der Waals surface area contributed by atoms with Crippen LogP contribution < -0.4 is 11.1 Å². The topological polar surface area (TPSA) is 72.9 Å². The number of hydrogen-bond donors (Lipinski definition) is 2. The molecule has 0 radical (unpaired) electrons. The highest BCUT2D eigenvalue weighted by Gasteiger charge is 2.12. The third-order valence-electron chi connectivity index (χ3n) is 2.43. The van der Waals surface area contributed by atoms with Gasteiger partial charge >= 0.3 is 0 Å². The number of likely N-dealkylation sites (N-methyl/N-ethyl adjacent to an activating group) is 1. The fraction of sp³-hybridized carbons (Fsp3) is 0.600. The maximum Gasteiger partial charge on any atom is 0.234 e. The van der Waals surface area contributed by atoms with Gasteiger partial charge in [-0.15, -0.1) is 0 Å². The highest BCUT2D eigenvalue weighted by molar-refractivity contribution is 5.79. The van der Waals surface area contributed by atoms with E-state index in [2.05, 4.69) is 17.3 Å². The molecule has 0 saturated heterocycles. The summed E-state index contributed by atoms with van der Waals surface area (Å²) >= 11 is 0. The van der Waals surface area contributed by atoms with Crippen molar-refractivity contribution in [2.24, 2.45) is 5.73 Å². The van der Waals surface area contributed by atoms with Crippen molar-refractivity contribution < 1.29 is 4.79 Å². The smallest absolute Gasteiger partial charge is 0.234 e. The second-order valence-corrected chi connectivity index (χ2v) is 3.50. The molecule has 1 aromatic heterocycles. The van der Waals surface area contributed by atoms with Crippen LogP contribution in [0.15, 0.2) is 12.4 Å². The normalized spacial score (nSPS) is 12.7. The fourth-order valence-corrected chi connectivity index (χ4v) is 1.40. The monoisotopic (exact) mass is 210 g/mol. The predicted octanol–water partition coefficient (Wildman–Crippen LogP) is -0.0911. The summed E-state index contributed by atoms with van der Waals surface area (Å²) < 4.78 is 1.84. The lowest BCUT2D eigenvalue weighted by molar-refractivity contribution is -0.120. The third-order valence-corrected chi connectivity index (χ3v) is 2.43. The van der Waals surface area contributed by atoms with Gasteiger partial charge in [-0.05, 0) is 25.5 Å². The van der Waals surface area contributed by atoms with Crippen LogP contribution >= 0.6 is 0 Å². The number of amides is 1. The van der Waals surface area contributed by atoms with Gasteiger partial charge in [-0.25, -0.2) is 0 Å². The molecule has 1 aromatic rings. The highest BCUT2D eigenvalue weighted by atomic mass is 16.1. The molecule has 0 aliphatic carbocycles. The van der Waals surface area contributed by atoms with Crippen LogP contribution in [0.25, 0.3) is 0 Å². The van der Waals surface area contributed by atoms with Crippen molar-refractivity contribution in [3.05, 3.63) is 18.0 Å². The van der Waals surface area contributed by atoms with Gasteiger partial charge in [-0.3, -0.25) is 9.48 Å². The number of primary amides is 1. The Morgan fingerprint density at radius 3 is 2.93 bits per heavy atom. The molecule has 5 heteroatoms. The second-order valence-electron chi connectivity index (χ2n) is 3.50. The van der Waals surface area contributed by atoms with Crippen LogP contribution in [0.3, 0.4) is 0 Å². The summed E-state index contributed by atoms with van der Waals surface area (Å²) in [6.45, 7) is 2.79. The van der Waals surface area contributed by atoms with Crippen molar-refractivity contribution in [2.45, 2.75) is 32.4 Å². The van der Waals surface area contributed by atoms with Crippen LogP contribution in [0.1, 0.15) is 18.9 Å². The standard InChI is InChI=1S/C10H18N4O/c1-3-8-6-13-14(7-8)5-4-9(12-2)10(11)15/h6-7,9,12H,3-5H2,1-2H3,(H2,11,15). The highest BCUT2D eigenvalue weighted by Crippen LogP contribution is 2.00. The summed E-state index contributed by atoms with van der Waals surface area (Å²) in [5.74, 6) is -0.319. The first kappa shape index (κ1) is 11.7. The van der Waals surface area contributed by atoms with Gasteiger partial charge in [0.15, 0.2) is 0 Å². The van der Waals surface area contributed by atoms with Gasteiger partial charge in [0, 0.05) is 12.7 Å². The molecule has 5 nitrogen and oxygen atoms in total. The SMILES string of the molecule is CCc1cnn(CCC(NC)C(N)=O)c1. The first-order chi connectivity index (χ1) is 7.17. The molecule has 1 rings (SSSR count). The van der Waals surface area contributed by atoms with Gasteiger partial charge in [0.1, 0.15) is 0 Å². The first-order valence-corrected chi connectivity index (χ1v) is 5.15. The fourth-order valence-electron chi connectivity index (χ4n) is 1.40. The number of aromatic nitrogens is 2. The summed E-state index contributed by atoms with van der Waals surface area (Å²) in [6.07, 6.45) is 5.48. The number of carbonyl (C=O) groups excluding carboxylic acids is 1. The van der Waals surface area contributed by atoms with Gasteiger partial charge in [0.25, 0.3) is 0 Å². The van der Waals surface area contributed by atoms with Crippen LogP contribution in [0.4, 0.5) is 0 Å². The van der Waals surface area contributed by atoms with Crippen molar-refractivity contribution in [1.29, 1.82) is 0 Å². The Hall–Kier alpha value is -1.36. The number of rotatable bonds is 6. The third kappa shape index (κ3) is 3.36. The van der Waals surface area contributed by atoms with Crippen molar-refractivity contribution in [3.63, 3.8) is 0 Å². The molecule has 1 amide bonds. The van der Waals surface area contributed by atoms with Crippen LogP contribution in [0.2, 0.25) is 0 Å². The summed E-state index contributed by atoms with van der Waals surface area (Å²) in [5.41, 5.74) is 6.42. The average molecular weight is 210 g/mol. The molecule has 0 fully saturated rings. The van der Waals surface area contributed by atoms with Crippen LogP contribution in [0.5, 0.6) is 0 Å². The van der Waals surface area contributed by atoms with Crippen molar-refractivity contribution in [3.8, 4) is 0 Å².